The molecular weight excluding hydrogens is 487 g/mol. The Bertz CT molecular complexity index is 1370. The zero-order chi connectivity index (χ0) is 27.0. The summed E-state index contributed by atoms with van der Waals surface area (Å²) in [5, 5.41) is 0. The summed E-state index contributed by atoms with van der Waals surface area (Å²) in [5.74, 6) is 0.519. The summed E-state index contributed by atoms with van der Waals surface area (Å²) in [7, 11) is 1.64. The first-order valence-electron chi connectivity index (χ1n) is 13.3. The molecule has 198 valence electrons. The first-order chi connectivity index (χ1) is 19.1. The Hall–Kier alpha value is -4.22. The molecule has 1 heterocycles. The maximum atomic E-state index is 14.6. The van der Waals surface area contributed by atoms with Crippen LogP contribution in [0.25, 0.3) is 0 Å². The lowest BCUT2D eigenvalue weighted by molar-refractivity contribution is -0.139. The highest BCUT2D eigenvalue weighted by molar-refractivity contribution is 5.83. The van der Waals surface area contributed by atoms with Crippen LogP contribution >= 0.6 is 0 Å². The second kappa shape index (κ2) is 12.5. The summed E-state index contributed by atoms with van der Waals surface area (Å²) < 4.78 is 19.1. The van der Waals surface area contributed by atoms with Crippen LogP contribution < -0.4 is 4.74 Å². The summed E-state index contributed by atoms with van der Waals surface area (Å²) in [4.78, 5) is 18.8. The molecule has 0 bridgehead atoms. The minimum atomic E-state index is -0.376. The molecule has 4 aromatic carbocycles. The third kappa shape index (κ3) is 6.62. The predicted octanol–water partition coefficient (Wildman–Crippen LogP) is 6.59. The zero-order valence-corrected chi connectivity index (χ0v) is 22.1. The first-order valence-corrected chi connectivity index (χ1v) is 13.3. The van der Waals surface area contributed by atoms with Gasteiger partial charge < -0.3 is 9.64 Å². The molecule has 1 amide bonds. The van der Waals surface area contributed by atoms with E-state index in [0.29, 0.717) is 26.1 Å². The fraction of sp³-hybridized carbons (Fsp3) is 0.206. The SMILES string of the molecule is COc1ccc(C2/C=C\CN(Cc3ccccc3)[C@@H](Cc3ccccc3)C(=O)N2Cc2ccc(F)cc2)cc1. The Kier molecular flexibility index (Phi) is 8.49. The highest BCUT2D eigenvalue weighted by Crippen LogP contribution is 2.30. The first kappa shape index (κ1) is 26.4. The van der Waals surface area contributed by atoms with E-state index in [4.69, 9.17) is 4.74 Å². The highest BCUT2D eigenvalue weighted by atomic mass is 19.1. The molecule has 4 aromatic rings. The molecular formula is C34H33FN2O2. The minimum absolute atomic E-state index is 0.0456. The van der Waals surface area contributed by atoms with Crippen molar-refractivity contribution in [2.45, 2.75) is 31.6 Å². The summed E-state index contributed by atoms with van der Waals surface area (Å²) in [6.45, 7) is 1.67. The lowest BCUT2D eigenvalue weighted by atomic mass is 9.96. The normalized spacial score (nSPS) is 18.8. The molecule has 1 aliphatic rings. The number of nitrogens with zero attached hydrogens (tertiary/aromatic N) is 2. The molecule has 4 nitrogen and oxygen atoms in total. The van der Waals surface area contributed by atoms with Crippen molar-refractivity contribution < 1.29 is 13.9 Å². The monoisotopic (exact) mass is 520 g/mol. The molecule has 0 saturated carbocycles. The van der Waals surface area contributed by atoms with Crippen LogP contribution in [0.2, 0.25) is 0 Å². The van der Waals surface area contributed by atoms with Crippen LogP contribution in [-0.2, 0) is 24.3 Å². The maximum absolute atomic E-state index is 14.6. The molecule has 0 aromatic heterocycles. The summed E-state index contributed by atoms with van der Waals surface area (Å²) in [6, 6.07) is 34.1. The highest BCUT2D eigenvalue weighted by Gasteiger charge is 2.35. The molecule has 0 saturated heterocycles. The molecule has 0 spiro atoms. The van der Waals surface area contributed by atoms with E-state index in [-0.39, 0.29) is 23.8 Å². The molecule has 0 radical (unpaired) electrons. The van der Waals surface area contributed by atoms with Gasteiger partial charge in [-0.2, -0.15) is 0 Å². The number of halogens is 1. The average Bonchev–Trinajstić information content (AvgIpc) is 2.98. The Labute approximate surface area is 230 Å². The lowest BCUT2D eigenvalue weighted by Crippen LogP contribution is -2.51. The minimum Gasteiger partial charge on any atom is -0.497 e. The Morgan fingerprint density at radius 3 is 2.03 bits per heavy atom. The van der Waals surface area contributed by atoms with Crippen molar-refractivity contribution in [2.24, 2.45) is 0 Å². The number of methoxy groups -OCH3 is 1. The van der Waals surface area contributed by atoms with Crippen molar-refractivity contribution in [3.63, 3.8) is 0 Å². The molecule has 0 fully saturated rings. The lowest BCUT2D eigenvalue weighted by Gasteiger charge is -2.39. The average molecular weight is 521 g/mol. The molecule has 5 rings (SSSR count). The number of ether oxygens (including phenoxy) is 1. The van der Waals surface area contributed by atoms with Crippen LogP contribution in [0.1, 0.15) is 28.3 Å². The van der Waals surface area contributed by atoms with E-state index >= 15 is 0 Å². The van der Waals surface area contributed by atoms with Crippen molar-refractivity contribution in [2.75, 3.05) is 13.7 Å². The van der Waals surface area contributed by atoms with Gasteiger partial charge in [0.1, 0.15) is 11.6 Å². The number of benzene rings is 4. The van der Waals surface area contributed by atoms with Gasteiger partial charge in [0, 0.05) is 19.6 Å². The van der Waals surface area contributed by atoms with Crippen LogP contribution in [0, 0.1) is 5.82 Å². The molecule has 5 heteroatoms. The number of hydrogen-bond acceptors (Lipinski definition) is 3. The van der Waals surface area contributed by atoms with E-state index in [1.807, 2.05) is 65.6 Å². The van der Waals surface area contributed by atoms with E-state index < -0.39 is 0 Å². The molecule has 0 N–H and O–H groups in total. The van der Waals surface area contributed by atoms with E-state index in [1.54, 1.807) is 19.2 Å². The third-order valence-corrected chi connectivity index (χ3v) is 7.23. The van der Waals surface area contributed by atoms with Gasteiger partial charge in [0.05, 0.1) is 19.2 Å². The molecule has 1 aliphatic heterocycles. The van der Waals surface area contributed by atoms with Gasteiger partial charge in [0.15, 0.2) is 0 Å². The van der Waals surface area contributed by atoms with Gasteiger partial charge in [0.2, 0.25) is 5.91 Å². The summed E-state index contributed by atoms with van der Waals surface area (Å²) >= 11 is 0. The van der Waals surface area contributed by atoms with Gasteiger partial charge in [0.25, 0.3) is 0 Å². The summed E-state index contributed by atoms with van der Waals surface area (Å²) in [5.41, 5.74) is 4.15. The Balaban J connectivity index is 1.56. The van der Waals surface area contributed by atoms with Crippen molar-refractivity contribution in [3.8, 4) is 5.75 Å². The van der Waals surface area contributed by atoms with E-state index in [2.05, 4.69) is 41.3 Å². The topological polar surface area (TPSA) is 32.8 Å². The standard InChI is InChI=1S/C34H33FN2O2/c1-39-31-20-16-29(17-21-31)32-13-8-22-36(24-27-11-6-3-7-12-27)33(23-26-9-4-2-5-10-26)34(38)37(32)25-28-14-18-30(35)19-15-28/h2-21,32-33H,22-25H2,1H3/b13-8-/t32?,33-/m0/s1. The van der Waals surface area contributed by atoms with Crippen molar-refractivity contribution >= 4 is 5.91 Å². The van der Waals surface area contributed by atoms with Crippen LogP contribution in [0.3, 0.4) is 0 Å². The quantitative estimate of drug-likeness (QED) is 0.246. The van der Waals surface area contributed by atoms with Gasteiger partial charge in [-0.25, -0.2) is 4.39 Å². The van der Waals surface area contributed by atoms with E-state index in [9.17, 15) is 9.18 Å². The number of rotatable bonds is 8. The van der Waals surface area contributed by atoms with Gasteiger partial charge in [-0.15, -0.1) is 0 Å². The zero-order valence-electron chi connectivity index (χ0n) is 22.1. The van der Waals surface area contributed by atoms with Crippen LogP contribution in [0.4, 0.5) is 4.39 Å². The third-order valence-electron chi connectivity index (χ3n) is 7.23. The number of amides is 1. The van der Waals surface area contributed by atoms with Crippen LogP contribution in [0.5, 0.6) is 5.75 Å². The van der Waals surface area contributed by atoms with Crippen LogP contribution in [-0.4, -0.2) is 35.4 Å². The van der Waals surface area contributed by atoms with Crippen molar-refractivity contribution in [1.82, 2.24) is 9.80 Å². The predicted molar refractivity (Wildman–Crippen MR) is 153 cm³/mol. The fourth-order valence-electron chi connectivity index (χ4n) is 5.14. The molecule has 2 atom stereocenters. The smallest absolute Gasteiger partial charge is 0.241 e. The fourth-order valence-corrected chi connectivity index (χ4v) is 5.14. The van der Waals surface area contributed by atoms with Gasteiger partial charge in [-0.3, -0.25) is 9.69 Å². The van der Waals surface area contributed by atoms with Gasteiger partial charge in [-0.05, 0) is 52.9 Å². The van der Waals surface area contributed by atoms with Crippen molar-refractivity contribution in [3.05, 3.63) is 149 Å². The molecule has 0 aliphatic carbocycles. The number of hydrogen-bond donors (Lipinski definition) is 0. The molecule has 39 heavy (non-hydrogen) atoms. The maximum Gasteiger partial charge on any atom is 0.241 e. The van der Waals surface area contributed by atoms with E-state index in [1.165, 1.54) is 12.1 Å². The van der Waals surface area contributed by atoms with Gasteiger partial charge in [-0.1, -0.05) is 97.1 Å². The number of carbonyl (C=O) groups is 1. The second-order valence-electron chi connectivity index (χ2n) is 9.86. The van der Waals surface area contributed by atoms with E-state index in [0.717, 1.165) is 28.0 Å². The van der Waals surface area contributed by atoms with Crippen molar-refractivity contribution in [1.29, 1.82) is 0 Å². The second-order valence-corrected chi connectivity index (χ2v) is 9.86. The Morgan fingerprint density at radius 2 is 1.38 bits per heavy atom. The summed E-state index contributed by atoms with van der Waals surface area (Å²) in [6.07, 6.45) is 4.87. The Morgan fingerprint density at radius 1 is 0.769 bits per heavy atom. The molecule has 1 unspecified atom stereocenters. The number of carbonyl (C=O) groups excluding carboxylic acids is 1. The largest absolute Gasteiger partial charge is 0.497 e. The van der Waals surface area contributed by atoms with Gasteiger partial charge >= 0.3 is 0 Å². The van der Waals surface area contributed by atoms with Crippen LogP contribution in [0.15, 0.2) is 121 Å².